The van der Waals surface area contributed by atoms with Crippen LogP contribution in [0, 0.1) is 0 Å². The molecule has 1 nitrogen and oxygen atoms in total. The standard InChI is InChI=1S/C13H14OS/c1-3-12-8-9-13(15-12)10-4-6-11(14-2)7-5-10/h4-9H,3H2,1-2H3. The zero-order valence-electron chi connectivity index (χ0n) is 8.99. The van der Waals surface area contributed by atoms with Crippen LogP contribution in [-0.2, 0) is 6.42 Å². The minimum atomic E-state index is 0.908. The van der Waals surface area contributed by atoms with Crippen LogP contribution in [0.25, 0.3) is 10.4 Å². The summed E-state index contributed by atoms with van der Waals surface area (Å²) in [4.78, 5) is 2.76. The Labute approximate surface area is 94.3 Å². The van der Waals surface area contributed by atoms with Crippen LogP contribution in [0.5, 0.6) is 5.75 Å². The fourth-order valence-corrected chi connectivity index (χ4v) is 2.43. The van der Waals surface area contributed by atoms with E-state index in [0.29, 0.717) is 0 Å². The molecule has 2 rings (SSSR count). The molecule has 2 aromatic rings. The highest BCUT2D eigenvalue weighted by Gasteiger charge is 2.01. The number of rotatable bonds is 3. The van der Waals surface area contributed by atoms with E-state index in [4.69, 9.17) is 4.74 Å². The SMILES string of the molecule is CCc1ccc(-c2ccc(OC)cc2)s1. The summed E-state index contributed by atoms with van der Waals surface area (Å²) in [5.74, 6) is 0.908. The first-order valence-corrected chi connectivity index (χ1v) is 5.88. The molecule has 0 aliphatic rings. The lowest BCUT2D eigenvalue weighted by atomic mass is 10.2. The molecule has 0 amide bonds. The topological polar surface area (TPSA) is 9.23 Å². The fourth-order valence-electron chi connectivity index (χ4n) is 1.48. The molecule has 0 saturated heterocycles. The second-order valence-corrected chi connectivity index (χ2v) is 4.52. The van der Waals surface area contributed by atoms with Gasteiger partial charge in [0.05, 0.1) is 7.11 Å². The predicted octanol–water partition coefficient (Wildman–Crippen LogP) is 3.99. The largest absolute Gasteiger partial charge is 0.497 e. The summed E-state index contributed by atoms with van der Waals surface area (Å²) in [5, 5.41) is 0. The van der Waals surface area contributed by atoms with E-state index >= 15 is 0 Å². The molecule has 0 unspecified atom stereocenters. The molecule has 0 atom stereocenters. The van der Waals surface area contributed by atoms with Gasteiger partial charge in [0.15, 0.2) is 0 Å². The zero-order valence-corrected chi connectivity index (χ0v) is 9.80. The van der Waals surface area contributed by atoms with Crippen molar-refractivity contribution in [2.24, 2.45) is 0 Å². The Bertz CT molecular complexity index is 428. The number of thiophene rings is 1. The molecule has 78 valence electrons. The van der Waals surface area contributed by atoms with Crippen molar-refractivity contribution in [3.8, 4) is 16.2 Å². The highest BCUT2D eigenvalue weighted by atomic mass is 32.1. The first-order chi connectivity index (χ1) is 7.33. The zero-order chi connectivity index (χ0) is 10.7. The normalized spacial score (nSPS) is 10.3. The van der Waals surface area contributed by atoms with Crippen molar-refractivity contribution >= 4 is 11.3 Å². The van der Waals surface area contributed by atoms with Gasteiger partial charge in [0, 0.05) is 9.75 Å². The van der Waals surface area contributed by atoms with E-state index in [1.807, 2.05) is 23.5 Å². The van der Waals surface area contributed by atoms with Crippen molar-refractivity contribution in [3.05, 3.63) is 41.3 Å². The van der Waals surface area contributed by atoms with Crippen LogP contribution < -0.4 is 4.74 Å². The highest BCUT2D eigenvalue weighted by molar-refractivity contribution is 7.15. The third-order valence-electron chi connectivity index (χ3n) is 2.38. The van der Waals surface area contributed by atoms with Crippen LogP contribution in [-0.4, -0.2) is 7.11 Å². The van der Waals surface area contributed by atoms with E-state index in [-0.39, 0.29) is 0 Å². The van der Waals surface area contributed by atoms with Gasteiger partial charge in [-0.05, 0) is 48.4 Å². The molecule has 0 aliphatic carbocycles. The minimum absolute atomic E-state index is 0.908. The molecule has 0 N–H and O–H groups in total. The van der Waals surface area contributed by atoms with Crippen molar-refractivity contribution in [3.63, 3.8) is 0 Å². The van der Waals surface area contributed by atoms with Crippen molar-refractivity contribution in [1.29, 1.82) is 0 Å². The van der Waals surface area contributed by atoms with E-state index in [1.54, 1.807) is 7.11 Å². The van der Waals surface area contributed by atoms with Gasteiger partial charge in [0.2, 0.25) is 0 Å². The quantitative estimate of drug-likeness (QED) is 0.757. The average Bonchev–Trinajstić information content (AvgIpc) is 2.78. The molecule has 0 fully saturated rings. The van der Waals surface area contributed by atoms with Crippen molar-refractivity contribution in [1.82, 2.24) is 0 Å². The fraction of sp³-hybridized carbons (Fsp3) is 0.231. The lowest BCUT2D eigenvalue weighted by molar-refractivity contribution is 0.415. The van der Waals surface area contributed by atoms with Crippen LogP contribution >= 0.6 is 11.3 Å². The highest BCUT2D eigenvalue weighted by Crippen LogP contribution is 2.29. The Morgan fingerprint density at radius 1 is 1.07 bits per heavy atom. The average molecular weight is 218 g/mol. The molecule has 15 heavy (non-hydrogen) atoms. The molecule has 0 radical (unpaired) electrons. The van der Waals surface area contributed by atoms with E-state index in [9.17, 15) is 0 Å². The molecule has 1 heterocycles. The van der Waals surface area contributed by atoms with Crippen molar-refractivity contribution < 1.29 is 4.74 Å². The maximum absolute atomic E-state index is 5.13. The molecule has 1 aromatic carbocycles. The molecule has 0 bridgehead atoms. The second kappa shape index (κ2) is 4.49. The molecule has 0 saturated carbocycles. The van der Waals surface area contributed by atoms with Gasteiger partial charge in [-0.15, -0.1) is 11.3 Å². The smallest absolute Gasteiger partial charge is 0.118 e. The van der Waals surface area contributed by atoms with Gasteiger partial charge in [-0.25, -0.2) is 0 Å². The summed E-state index contributed by atoms with van der Waals surface area (Å²) >= 11 is 1.86. The lowest BCUT2D eigenvalue weighted by Gasteiger charge is -2.00. The molecular weight excluding hydrogens is 204 g/mol. The monoisotopic (exact) mass is 218 g/mol. The number of hydrogen-bond donors (Lipinski definition) is 0. The predicted molar refractivity (Wildman–Crippen MR) is 65.7 cm³/mol. The van der Waals surface area contributed by atoms with Gasteiger partial charge in [-0.1, -0.05) is 6.92 Å². The van der Waals surface area contributed by atoms with Crippen LogP contribution in [0.15, 0.2) is 36.4 Å². The van der Waals surface area contributed by atoms with E-state index in [1.165, 1.54) is 15.3 Å². The van der Waals surface area contributed by atoms with Crippen LogP contribution in [0.3, 0.4) is 0 Å². The van der Waals surface area contributed by atoms with Gasteiger partial charge in [0.1, 0.15) is 5.75 Å². The van der Waals surface area contributed by atoms with Gasteiger partial charge >= 0.3 is 0 Å². The van der Waals surface area contributed by atoms with E-state index in [0.717, 1.165) is 12.2 Å². The summed E-state index contributed by atoms with van der Waals surface area (Å²) in [5.41, 5.74) is 1.26. The maximum Gasteiger partial charge on any atom is 0.118 e. The van der Waals surface area contributed by atoms with E-state index in [2.05, 4.69) is 31.2 Å². The summed E-state index contributed by atoms with van der Waals surface area (Å²) in [6.45, 7) is 2.18. The van der Waals surface area contributed by atoms with Crippen LogP contribution in [0.1, 0.15) is 11.8 Å². The molecule has 1 aromatic heterocycles. The van der Waals surface area contributed by atoms with Crippen molar-refractivity contribution in [2.75, 3.05) is 7.11 Å². The number of benzene rings is 1. The third-order valence-corrected chi connectivity index (χ3v) is 3.66. The van der Waals surface area contributed by atoms with Gasteiger partial charge in [-0.2, -0.15) is 0 Å². The van der Waals surface area contributed by atoms with Crippen LogP contribution in [0.2, 0.25) is 0 Å². The number of methoxy groups -OCH3 is 1. The molecule has 0 aliphatic heterocycles. The Balaban J connectivity index is 2.28. The lowest BCUT2D eigenvalue weighted by Crippen LogP contribution is -1.81. The number of aryl methyl sites for hydroxylation is 1. The van der Waals surface area contributed by atoms with Crippen molar-refractivity contribution in [2.45, 2.75) is 13.3 Å². The molecule has 0 spiro atoms. The summed E-state index contributed by atoms with van der Waals surface area (Å²) in [6, 6.07) is 12.6. The summed E-state index contributed by atoms with van der Waals surface area (Å²) in [6.07, 6.45) is 1.11. The first kappa shape index (κ1) is 10.2. The molecular formula is C13H14OS. The number of ether oxygens (including phenoxy) is 1. The van der Waals surface area contributed by atoms with Gasteiger partial charge in [0.25, 0.3) is 0 Å². The first-order valence-electron chi connectivity index (χ1n) is 5.06. The number of hydrogen-bond acceptors (Lipinski definition) is 2. The second-order valence-electron chi connectivity index (χ2n) is 3.35. The molecule has 2 heteroatoms. The Morgan fingerprint density at radius 3 is 2.33 bits per heavy atom. The summed E-state index contributed by atoms with van der Waals surface area (Å²) < 4.78 is 5.13. The van der Waals surface area contributed by atoms with E-state index < -0.39 is 0 Å². The van der Waals surface area contributed by atoms with Gasteiger partial charge in [-0.3, -0.25) is 0 Å². The Hall–Kier alpha value is -1.28. The Kier molecular flexibility index (Phi) is 3.07. The summed E-state index contributed by atoms with van der Waals surface area (Å²) in [7, 11) is 1.69. The maximum atomic E-state index is 5.13. The van der Waals surface area contributed by atoms with Crippen LogP contribution in [0.4, 0.5) is 0 Å². The third kappa shape index (κ3) is 2.21. The van der Waals surface area contributed by atoms with Gasteiger partial charge < -0.3 is 4.74 Å². The minimum Gasteiger partial charge on any atom is -0.497 e. The Morgan fingerprint density at radius 2 is 1.80 bits per heavy atom.